The SMILES string of the molecule is CC(C)(C)[Si](C)(C)OC1CC2(CCC2)Cc2nc(C3CCOCC3)c(C(=O)O)c(C3=CCOCC3)c21. The Labute approximate surface area is 216 Å². The molecule has 1 saturated carbocycles. The van der Waals surface area contributed by atoms with Crippen LogP contribution >= 0.6 is 0 Å². The second-order valence-corrected chi connectivity index (χ2v) is 17.7. The fourth-order valence-corrected chi connectivity index (χ4v) is 7.60. The molecular formula is C29H43NO5Si. The molecule has 2 aliphatic heterocycles. The van der Waals surface area contributed by atoms with E-state index in [0.29, 0.717) is 32.0 Å². The van der Waals surface area contributed by atoms with Gasteiger partial charge < -0.3 is 19.0 Å². The number of ether oxygens (including phenoxy) is 2. The van der Waals surface area contributed by atoms with Gasteiger partial charge in [0.2, 0.25) is 0 Å². The maximum Gasteiger partial charge on any atom is 0.338 e. The molecule has 7 heteroatoms. The van der Waals surface area contributed by atoms with E-state index < -0.39 is 14.3 Å². The van der Waals surface area contributed by atoms with E-state index >= 15 is 0 Å². The second-order valence-electron chi connectivity index (χ2n) is 13.0. The van der Waals surface area contributed by atoms with Gasteiger partial charge in [-0.3, -0.25) is 4.98 Å². The number of hydrogen-bond acceptors (Lipinski definition) is 5. The summed E-state index contributed by atoms with van der Waals surface area (Å²) in [5.41, 5.74) is 5.58. The van der Waals surface area contributed by atoms with Crippen LogP contribution in [-0.2, 0) is 20.3 Å². The first-order chi connectivity index (χ1) is 17.0. The third kappa shape index (κ3) is 4.72. The molecule has 36 heavy (non-hydrogen) atoms. The second kappa shape index (κ2) is 9.64. The van der Waals surface area contributed by atoms with Crippen molar-refractivity contribution in [3.63, 3.8) is 0 Å². The van der Waals surface area contributed by atoms with Crippen molar-refractivity contribution in [2.24, 2.45) is 5.41 Å². The zero-order chi connectivity index (χ0) is 25.7. The lowest BCUT2D eigenvalue weighted by Crippen LogP contribution is -2.46. The number of pyridine rings is 1. The minimum atomic E-state index is -2.11. The van der Waals surface area contributed by atoms with E-state index in [4.69, 9.17) is 18.9 Å². The number of carboxylic acids is 1. The van der Waals surface area contributed by atoms with Gasteiger partial charge in [0.05, 0.1) is 30.6 Å². The van der Waals surface area contributed by atoms with Gasteiger partial charge in [0, 0.05) is 36.0 Å². The normalized spacial score (nSPS) is 24.7. The van der Waals surface area contributed by atoms with Crippen molar-refractivity contribution in [1.82, 2.24) is 4.98 Å². The molecule has 1 N–H and O–H groups in total. The van der Waals surface area contributed by atoms with Gasteiger partial charge in [-0.15, -0.1) is 0 Å². The van der Waals surface area contributed by atoms with Crippen LogP contribution in [0.3, 0.4) is 0 Å². The largest absolute Gasteiger partial charge is 0.478 e. The third-order valence-electron chi connectivity index (χ3n) is 9.59. The lowest BCUT2D eigenvalue weighted by atomic mass is 9.59. The molecule has 198 valence electrons. The number of carboxylic acid groups (broad SMARTS) is 1. The molecule has 3 heterocycles. The molecule has 1 unspecified atom stereocenters. The van der Waals surface area contributed by atoms with Crippen LogP contribution in [-0.4, -0.2) is 50.8 Å². The first-order valence-corrected chi connectivity index (χ1v) is 16.7. The molecule has 1 aromatic rings. The summed E-state index contributed by atoms with van der Waals surface area (Å²) in [6, 6.07) is 0. The van der Waals surface area contributed by atoms with Crippen LogP contribution in [0.25, 0.3) is 5.57 Å². The highest BCUT2D eigenvalue weighted by molar-refractivity contribution is 6.74. The average molecular weight is 514 g/mol. The van der Waals surface area contributed by atoms with Crippen LogP contribution in [0.1, 0.15) is 111 Å². The minimum Gasteiger partial charge on any atom is -0.478 e. The van der Waals surface area contributed by atoms with Crippen molar-refractivity contribution >= 4 is 19.9 Å². The fourth-order valence-electron chi connectivity index (χ4n) is 6.33. The molecule has 0 amide bonds. The highest BCUT2D eigenvalue weighted by atomic mass is 28.4. The van der Waals surface area contributed by atoms with Crippen molar-refractivity contribution < 1.29 is 23.8 Å². The van der Waals surface area contributed by atoms with Gasteiger partial charge >= 0.3 is 5.97 Å². The lowest BCUT2D eigenvalue weighted by Gasteiger charge is -2.51. The van der Waals surface area contributed by atoms with Gasteiger partial charge in [-0.05, 0) is 74.1 Å². The standard InChI is InChI=1S/C29H43NO5Si/c1-28(2,3)36(4,5)35-22-18-29(11-6-12-29)17-21-24(22)23(19-7-13-33-14-8-19)25(27(31)32)26(30-21)20-9-15-34-16-10-20/h7,20,22H,6,8-18H2,1-5H3,(H,31,32). The molecule has 5 rings (SSSR count). The van der Waals surface area contributed by atoms with Crippen molar-refractivity contribution in [3.8, 4) is 0 Å². The Kier molecular flexibility index (Phi) is 6.99. The van der Waals surface area contributed by atoms with Gasteiger partial charge in [0.1, 0.15) is 0 Å². The number of aromatic carboxylic acids is 1. The van der Waals surface area contributed by atoms with Gasteiger partial charge in [-0.1, -0.05) is 33.3 Å². The fraction of sp³-hybridized carbons (Fsp3) is 0.724. The highest BCUT2D eigenvalue weighted by Crippen LogP contribution is 2.57. The van der Waals surface area contributed by atoms with Gasteiger partial charge in [0.15, 0.2) is 8.32 Å². The van der Waals surface area contributed by atoms with E-state index in [9.17, 15) is 9.90 Å². The van der Waals surface area contributed by atoms with Crippen LogP contribution < -0.4 is 0 Å². The van der Waals surface area contributed by atoms with Crippen LogP contribution in [0.2, 0.25) is 18.1 Å². The molecule has 0 bridgehead atoms. The van der Waals surface area contributed by atoms with E-state index in [0.717, 1.165) is 60.2 Å². The number of carbonyl (C=O) groups is 1. The summed E-state index contributed by atoms with van der Waals surface area (Å²) >= 11 is 0. The summed E-state index contributed by atoms with van der Waals surface area (Å²) < 4.78 is 18.4. The Balaban J connectivity index is 1.73. The van der Waals surface area contributed by atoms with Crippen molar-refractivity contribution in [2.75, 3.05) is 26.4 Å². The van der Waals surface area contributed by atoms with Crippen molar-refractivity contribution in [1.29, 1.82) is 0 Å². The molecule has 6 nitrogen and oxygen atoms in total. The summed E-state index contributed by atoms with van der Waals surface area (Å²) in [5, 5.41) is 10.7. The maximum atomic E-state index is 13.0. The number of fused-ring (bicyclic) bond motifs is 1. The molecular weight excluding hydrogens is 470 g/mol. The number of aromatic nitrogens is 1. The van der Waals surface area contributed by atoms with E-state index in [1.54, 1.807) is 0 Å². The molecule has 2 fully saturated rings. The van der Waals surface area contributed by atoms with E-state index in [-0.39, 0.29) is 22.5 Å². The Morgan fingerprint density at radius 1 is 1.17 bits per heavy atom. The summed E-state index contributed by atoms with van der Waals surface area (Å²) in [7, 11) is -2.11. The minimum absolute atomic E-state index is 0.0700. The molecule has 2 aliphatic carbocycles. The molecule has 0 aromatic carbocycles. The van der Waals surface area contributed by atoms with Gasteiger partial charge in [0.25, 0.3) is 0 Å². The molecule has 1 aromatic heterocycles. The Bertz CT molecular complexity index is 1050. The molecule has 0 radical (unpaired) electrons. The number of rotatable bonds is 5. The lowest BCUT2D eigenvalue weighted by molar-refractivity contribution is 0.0295. The summed E-state index contributed by atoms with van der Waals surface area (Å²) in [4.78, 5) is 18.3. The zero-order valence-corrected chi connectivity index (χ0v) is 23.7. The molecule has 1 spiro atoms. The molecule has 1 atom stereocenters. The highest BCUT2D eigenvalue weighted by Gasteiger charge is 2.49. The van der Waals surface area contributed by atoms with E-state index in [1.165, 1.54) is 19.3 Å². The topological polar surface area (TPSA) is 77.9 Å². The zero-order valence-electron chi connectivity index (χ0n) is 22.7. The van der Waals surface area contributed by atoms with Crippen LogP contribution in [0, 0.1) is 5.41 Å². The molecule has 4 aliphatic rings. The van der Waals surface area contributed by atoms with Crippen molar-refractivity contribution in [3.05, 3.63) is 34.2 Å². The Morgan fingerprint density at radius 3 is 2.44 bits per heavy atom. The van der Waals surface area contributed by atoms with Crippen molar-refractivity contribution in [2.45, 2.75) is 102 Å². The first-order valence-electron chi connectivity index (χ1n) is 13.8. The average Bonchev–Trinajstić information content (AvgIpc) is 2.81. The van der Waals surface area contributed by atoms with Gasteiger partial charge in [-0.25, -0.2) is 4.79 Å². The Hall–Kier alpha value is -1.54. The quantitative estimate of drug-likeness (QED) is 0.444. The smallest absolute Gasteiger partial charge is 0.338 e. The number of hydrogen-bond donors (Lipinski definition) is 1. The summed E-state index contributed by atoms with van der Waals surface area (Å²) in [5.74, 6) is -0.752. The predicted molar refractivity (Wildman–Crippen MR) is 143 cm³/mol. The summed E-state index contributed by atoms with van der Waals surface area (Å²) in [6.45, 7) is 13.9. The van der Waals surface area contributed by atoms with Crippen LogP contribution in [0.15, 0.2) is 6.08 Å². The summed E-state index contributed by atoms with van der Waals surface area (Å²) in [6.07, 6.45) is 9.95. The number of nitrogens with zero attached hydrogens (tertiary/aromatic N) is 1. The Morgan fingerprint density at radius 2 is 1.89 bits per heavy atom. The van der Waals surface area contributed by atoms with Crippen LogP contribution in [0.4, 0.5) is 0 Å². The van der Waals surface area contributed by atoms with Crippen LogP contribution in [0.5, 0.6) is 0 Å². The predicted octanol–water partition coefficient (Wildman–Crippen LogP) is 6.66. The van der Waals surface area contributed by atoms with E-state index in [1.807, 2.05) is 0 Å². The third-order valence-corrected chi connectivity index (χ3v) is 14.1. The van der Waals surface area contributed by atoms with E-state index in [2.05, 4.69) is 39.9 Å². The van der Waals surface area contributed by atoms with Gasteiger partial charge in [-0.2, -0.15) is 0 Å². The monoisotopic (exact) mass is 513 g/mol. The molecule has 1 saturated heterocycles. The first kappa shape index (κ1) is 26.1. The maximum absolute atomic E-state index is 13.0.